The number of thiazole rings is 1. The minimum absolute atomic E-state index is 0.177. The van der Waals surface area contributed by atoms with Crippen LogP contribution in [0.5, 0.6) is 5.75 Å². The Morgan fingerprint density at radius 2 is 1.89 bits per heavy atom. The first-order chi connectivity index (χ1) is 13.7. The molecule has 28 heavy (non-hydrogen) atoms. The molecule has 0 aliphatic rings. The minimum Gasteiger partial charge on any atom is -0.490 e. The SMILES string of the molecule is C=CCOc1cccc(/C=c2\sc3nc(/C=C/c4ccccc4)nn3c2=O)c1. The van der Waals surface area contributed by atoms with Crippen molar-refractivity contribution in [2.24, 2.45) is 0 Å². The van der Waals surface area contributed by atoms with Crippen LogP contribution >= 0.6 is 11.3 Å². The Morgan fingerprint density at radius 1 is 1.07 bits per heavy atom. The third-order valence-corrected chi connectivity index (χ3v) is 4.91. The number of ether oxygens (including phenoxy) is 1. The van der Waals surface area contributed by atoms with Crippen LogP contribution in [-0.4, -0.2) is 21.2 Å². The number of hydrogen-bond donors (Lipinski definition) is 0. The Labute approximate surface area is 165 Å². The summed E-state index contributed by atoms with van der Waals surface area (Å²) in [5.41, 5.74) is 1.76. The fourth-order valence-electron chi connectivity index (χ4n) is 2.66. The van der Waals surface area contributed by atoms with E-state index in [2.05, 4.69) is 16.7 Å². The Balaban J connectivity index is 1.63. The van der Waals surface area contributed by atoms with Crippen LogP contribution in [0.4, 0.5) is 0 Å². The first-order valence-electron chi connectivity index (χ1n) is 8.71. The molecule has 0 saturated heterocycles. The first-order valence-corrected chi connectivity index (χ1v) is 9.53. The number of rotatable bonds is 6. The van der Waals surface area contributed by atoms with Crippen molar-refractivity contribution in [2.45, 2.75) is 0 Å². The van der Waals surface area contributed by atoms with Crippen molar-refractivity contribution in [1.29, 1.82) is 0 Å². The maximum Gasteiger partial charge on any atom is 0.291 e. The maximum atomic E-state index is 12.6. The summed E-state index contributed by atoms with van der Waals surface area (Å²) in [6, 6.07) is 17.4. The van der Waals surface area contributed by atoms with E-state index in [0.717, 1.165) is 16.9 Å². The molecule has 2 aromatic heterocycles. The molecule has 0 aliphatic heterocycles. The second-order valence-electron chi connectivity index (χ2n) is 6.00. The standard InChI is InChI=1S/C22H17N3O2S/c1-2-13-27-18-10-6-9-17(14-18)15-19-21(26)25-22(28-19)23-20(24-25)12-11-16-7-4-3-5-8-16/h2-12,14-15H,1,13H2/b12-11+,19-15-. The van der Waals surface area contributed by atoms with Gasteiger partial charge in [-0.1, -0.05) is 72.5 Å². The van der Waals surface area contributed by atoms with Gasteiger partial charge in [0.15, 0.2) is 5.82 Å². The van der Waals surface area contributed by atoms with Crippen LogP contribution in [0.15, 0.2) is 72.0 Å². The quantitative estimate of drug-likeness (QED) is 0.476. The normalized spacial score (nSPS) is 12.1. The fourth-order valence-corrected chi connectivity index (χ4v) is 3.57. The van der Waals surface area contributed by atoms with Gasteiger partial charge in [-0.25, -0.2) is 0 Å². The van der Waals surface area contributed by atoms with Gasteiger partial charge in [0.1, 0.15) is 12.4 Å². The number of benzene rings is 2. The average Bonchev–Trinajstić information content (AvgIpc) is 3.25. The maximum absolute atomic E-state index is 12.6. The Hall–Kier alpha value is -3.51. The number of aromatic nitrogens is 3. The summed E-state index contributed by atoms with van der Waals surface area (Å²) in [7, 11) is 0. The fraction of sp³-hybridized carbons (Fsp3) is 0.0455. The van der Waals surface area contributed by atoms with Crippen molar-refractivity contribution in [2.75, 3.05) is 6.61 Å². The molecule has 6 heteroatoms. The van der Waals surface area contributed by atoms with Crippen molar-refractivity contribution in [3.63, 3.8) is 0 Å². The molecule has 0 radical (unpaired) electrons. The predicted octanol–water partition coefficient (Wildman–Crippen LogP) is 3.43. The Kier molecular flexibility index (Phi) is 5.12. The molecule has 138 valence electrons. The molecular weight excluding hydrogens is 370 g/mol. The molecule has 2 heterocycles. The topological polar surface area (TPSA) is 56.5 Å². The van der Waals surface area contributed by atoms with E-state index < -0.39 is 0 Å². The third-order valence-electron chi connectivity index (χ3n) is 3.95. The number of nitrogens with zero attached hydrogens (tertiary/aromatic N) is 3. The van der Waals surface area contributed by atoms with Crippen LogP contribution in [0.1, 0.15) is 17.0 Å². The highest BCUT2D eigenvalue weighted by Crippen LogP contribution is 2.14. The molecule has 2 aromatic carbocycles. The summed E-state index contributed by atoms with van der Waals surface area (Å²) in [6.07, 6.45) is 7.24. The van der Waals surface area contributed by atoms with E-state index in [4.69, 9.17) is 4.74 Å². The van der Waals surface area contributed by atoms with E-state index in [0.29, 0.717) is 21.9 Å². The van der Waals surface area contributed by atoms with Crippen LogP contribution in [0, 0.1) is 0 Å². The van der Waals surface area contributed by atoms with Gasteiger partial charge >= 0.3 is 0 Å². The van der Waals surface area contributed by atoms with Crippen LogP contribution < -0.4 is 14.8 Å². The summed E-state index contributed by atoms with van der Waals surface area (Å²) in [6.45, 7) is 4.08. The van der Waals surface area contributed by atoms with Crippen molar-refractivity contribution in [3.05, 3.63) is 99.1 Å². The van der Waals surface area contributed by atoms with Gasteiger partial charge in [0.05, 0.1) is 4.53 Å². The molecule has 5 nitrogen and oxygen atoms in total. The highest BCUT2D eigenvalue weighted by Gasteiger charge is 2.09. The number of fused-ring (bicyclic) bond motifs is 1. The molecular formula is C22H17N3O2S. The average molecular weight is 387 g/mol. The number of hydrogen-bond acceptors (Lipinski definition) is 5. The summed E-state index contributed by atoms with van der Waals surface area (Å²) in [4.78, 5) is 17.7. The molecule has 4 aromatic rings. The van der Waals surface area contributed by atoms with E-state index >= 15 is 0 Å². The second-order valence-corrected chi connectivity index (χ2v) is 7.01. The van der Waals surface area contributed by atoms with E-state index in [9.17, 15) is 4.79 Å². The molecule has 0 spiro atoms. The molecule has 0 N–H and O–H groups in total. The van der Waals surface area contributed by atoms with Crippen LogP contribution in [0.25, 0.3) is 23.2 Å². The lowest BCUT2D eigenvalue weighted by atomic mass is 10.2. The van der Waals surface area contributed by atoms with Gasteiger partial charge in [0, 0.05) is 0 Å². The highest BCUT2D eigenvalue weighted by atomic mass is 32.1. The summed E-state index contributed by atoms with van der Waals surface area (Å²) in [5.74, 6) is 1.24. The van der Waals surface area contributed by atoms with Gasteiger partial charge in [-0.3, -0.25) is 4.79 Å². The largest absolute Gasteiger partial charge is 0.490 e. The molecule has 0 aliphatic carbocycles. The Bertz CT molecular complexity index is 1260. The van der Waals surface area contributed by atoms with Crippen LogP contribution in [-0.2, 0) is 0 Å². The van der Waals surface area contributed by atoms with Gasteiger partial charge < -0.3 is 4.74 Å². The van der Waals surface area contributed by atoms with E-state index in [1.807, 2.05) is 66.7 Å². The third kappa shape index (κ3) is 3.92. The smallest absolute Gasteiger partial charge is 0.291 e. The summed E-state index contributed by atoms with van der Waals surface area (Å²) >= 11 is 1.32. The van der Waals surface area contributed by atoms with Crippen molar-refractivity contribution in [3.8, 4) is 5.75 Å². The van der Waals surface area contributed by atoms with Crippen LogP contribution in [0.2, 0.25) is 0 Å². The summed E-state index contributed by atoms with van der Waals surface area (Å²) < 4.78 is 7.46. The van der Waals surface area contributed by atoms with Gasteiger partial charge in [0.25, 0.3) is 5.56 Å². The zero-order valence-corrected chi connectivity index (χ0v) is 15.8. The monoisotopic (exact) mass is 387 g/mol. The molecule has 0 fully saturated rings. The lowest BCUT2D eigenvalue weighted by Gasteiger charge is -2.03. The molecule has 0 atom stereocenters. The highest BCUT2D eigenvalue weighted by molar-refractivity contribution is 7.15. The zero-order valence-electron chi connectivity index (χ0n) is 15.0. The van der Waals surface area contributed by atoms with E-state index in [1.165, 1.54) is 15.9 Å². The lowest BCUT2D eigenvalue weighted by molar-refractivity contribution is 0.363. The van der Waals surface area contributed by atoms with Gasteiger partial charge in [-0.15, -0.1) is 5.10 Å². The second kappa shape index (κ2) is 8.02. The Morgan fingerprint density at radius 3 is 2.68 bits per heavy atom. The van der Waals surface area contributed by atoms with Gasteiger partial charge in [-0.05, 0) is 35.4 Å². The molecule has 0 saturated carbocycles. The molecule has 0 amide bonds. The first kappa shape index (κ1) is 17.9. The minimum atomic E-state index is -0.177. The summed E-state index contributed by atoms with van der Waals surface area (Å²) in [5, 5.41) is 4.31. The van der Waals surface area contributed by atoms with Gasteiger partial charge in [-0.2, -0.15) is 9.50 Å². The predicted molar refractivity (Wildman–Crippen MR) is 113 cm³/mol. The van der Waals surface area contributed by atoms with Crippen molar-refractivity contribution >= 4 is 34.5 Å². The molecule has 0 unspecified atom stereocenters. The molecule has 4 rings (SSSR count). The van der Waals surface area contributed by atoms with Gasteiger partial charge in [0.2, 0.25) is 4.96 Å². The van der Waals surface area contributed by atoms with E-state index in [1.54, 1.807) is 12.2 Å². The van der Waals surface area contributed by atoms with Crippen LogP contribution in [0.3, 0.4) is 0 Å². The van der Waals surface area contributed by atoms with Crippen molar-refractivity contribution in [1.82, 2.24) is 14.6 Å². The lowest BCUT2D eigenvalue weighted by Crippen LogP contribution is -2.23. The van der Waals surface area contributed by atoms with Crippen molar-refractivity contribution < 1.29 is 4.74 Å². The zero-order chi connectivity index (χ0) is 19.3. The van der Waals surface area contributed by atoms with E-state index in [-0.39, 0.29) is 5.56 Å². The molecule has 0 bridgehead atoms.